The zero-order chi connectivity index (χ0) is 19.1. The molecule has 144 valence electrons. The Morgan fingerprint density at radius 3 is 2.70 bits per heavy atom. The van der Waals surface area contributed by atoms with E-state index in [0.717, 1.165) is 30.9 Å². The van der Waals surface area contributed by atoms with E-state index in [2.05, 4.69) is 32.8 Å². The van der Waals surface area contributed by atoms with Crippen LogP contribution >= 0.6 is 0 Å². The Labute approximate surface area is 159 Å². The number of rotatable bonds is 8. The lowest BCUT2D eigenvalue weighted by atomic mass is 10.1. The molecule has 0 unspecified atom stereocenters. The van der Waals surface area contributed by atoms with Gasteiger partial charge in [-0.2, -0.15) is 5.10 Å². The summed E-state index contributed by atoms with van der Waals surface area (Å²) in [4.78, 5) is 25.7. The second kappa shape index (κ2) is 9.32. The number of hydrogen-bond donors (Lipinski definition) is 2. The van der Waals surface area contributed by atoms with E-state index in [-0.39, 0.29) is 11.8 Å². The molecule has 1 aromatic carbocycles. The third kappa shape index (κ3) is 5.65. The molecule has 7 heteroatoms. The van der Waals surface area contributed by atoms with Gasteiger partial charge in [0, 0.05) is 26.1 Å². The van der Waals surface area contributed by atoms with E-state index in [0.29, 0.717) is 32.6 Å². The molecule has 1 aliphatic rings. The lowest BCUT2D eigenvalue weighted by molar-refractivity contribution is -0.122. The number of benzene rings is 1. The molecule has 3 rings (SSSR count). The molecular formula is C20H27N5O2. The van der Waals surface area contributed by atoms with Crippen LogP contribution in [0.3, 0.4) is 0 Å². The van der Waals surface area contributed by atoms with Gasteiger partial charge in [-0.15, -0.1) is 0 Å². The van der Waals surface area contributed by atoms with Crippen molar-refractivity contribution in [1.82, 2.24) is 25.3 Å². The Morgan fingerprint density at radius 2 is 1.93 bits per heavy atom. The molecule has 0 spiro atoms. The maximum atomic E-state index is 12.2. The first-order valence-corrected chi connectivity index (χ1v) is 9.49. The maximum Gasteiger partial charge on any atom is 0.234 e. The fourth-order valence-corrected chi connectivity index (χ4v) is 3.17. The fraction of sp³-hybridized carbons (Fsp3) is 0.450. The summed E-state index contributed by atoms with van der Waals surface area (Å²) in [6.45, 7) is 5.57. The third-order valence-corrected chi connectivity index (χ3v) is 4.66. The molecule has 7 nitrogen and oxygen atoms in total. The molecule has 0 fully saturated rings. The van der Waals surface area contributed by atoms with Gasteiger partial charge in [0.2, 0.25) is 11.8 Å². The molecule has 2 heterocycles. The lowest BCUT2D eigenvalue weighted by Gasteiger charge is -2.26. The van der Waals surface area contributed by atoms with Crippen LogP contribution in [0.4, 0.5) is 0 Å². The van der Waals surface area contributed by atoms with Gasteiger partial charge in [-0.05, 0) is 18.1 Å². The molecule has 0 aliphatic carbocycles. The van der Waals surface area contributed by atoms with E-state index in [4.69, 9.17) is 0 Å². The van der Waals surface area contributed by atoms with Gasteiger partial charge in [-0.1, -0.05) is 37.3 Å². The highest BCUT2D eigenvalue weighted by atomic mass is 16.2. The Hall–Kier alpha value is -2.67. The summed E-state index contributed by atoms with van der Waals surface area (Å²) in [5, 5.41) is 10.4. The normalized spacial score (nSPS) is 13.8. The molecule has 0 saturated heterocycles. The van der Waals surface area contributed by atoms with Crippen LogP contribution in [0.25, 0.3) is 0 Å². The quantitative estimate of drug-likeness (QED) is 0.730. The summed E-state index contributed by atoms with van der Waals surface area (Å²) in [6, 6.07) is 12.2. The van der Waals surface area contributed by atoms with Crippen molar-refractivity contribution < 1.29 is 9.59 Å². The largest absolute Gasteiger partial charge is 0.355 e. The van der Waals surface area contributed by atoms with E-state index in [1.165, 1.54) is 5.56 Å². The number of nitrogens with one attached hydrogen (secondary N) is 2. The first-order chi connectivity index (χ1) is 13.1. The van der Waals surface area contributed by atoms with Gasteiger partial charge in [0.1, 0.15) is 0 Å². The van der Waals surface area contributed by atoms with Crippen molar-refractivity contribution in [2.75, 3.05) is 19.6 Å². The van der Waals surface area contributed by atoms with Crippen molar-refractivity contribution in [1.29, 1.82) is 0 Å². The summed E-state index contributed by atoms with van der Waals surface area (Å²) in [5.74, 6) is 0.0732. The monoisotopic (exact) mass is 369 g/mol. The van der Waals surface area contributed by atoms with Crippen LogP contribution < -0.4 is 10.6 Å². The molecule has 0 radical (unpaired) electrons. The van der Waals surface area contributed by atoms with Crippen molar-refractivity contribution in [2.24, 2.45) is 0 Å². The van der Waals surface area contributed by atoms with Crippen molar-refractivity contribution >= 4 is 11.8 Å². The van der Waals surface area contributed by atoms with Crippen molar-refractivity contribution in [3.63, 3.8) is 0 Å². The van der Waals surface area contributed by atoms with Gasteiger partial charge in [0.05, 0.1) is 31.0 Å². The topological polar surface area (TPSA) is 79.3 Å². The summed E-state index contributed by atoms with van der Waals surface area (Å²) >= 11 is 0. The molecule has 2 aromatic rings. The minimum absolute atomic E-state index is 0.0229. The van der Waals surface area contributed by atoms with E-state index in [9.17, 15) is 9.59 Å². The highest BCUT2D eigenvalue weighted by Crippen LogP contribution is 2.13. The van der Waals surface area contributed by atoms with E-state index >= 15 is 0 Å². The van der Waals surface area contributed by atoms with E-state index in [1.807, 2.05) is 35.9 Å². The average molecular weight is 369 g/mol. The third-order valence-electron chi connectivity index (χ3n) is 4.66. The molecule has 1 aromatic heterocycles. The van der Waals surface area contributed by atoms with Crippen LogP contribution in [0.1, 0.15) is 30.3 Å². The Balaban J connectivity index is 1.43. The zero-order valence-corrected chi connectivity index (χ0v) is 15.8. The van der Waals surface area contributed by atoms with Crippen LogP contribution in [0, 0.1) is 0 Å². The second-order valence-electron chi connectivity index (χ2n) is 6.78. The number of fused-ring (bicyclic) bond motifs is 1. The van der Waals surface area contributed by atoms with Crippen LogP contribution in [-0.4, -0.2) is 46.1 Å². The van der Waals surface area contributed by atoms with Gasteiger partial charge in [-0.25, -0.2) is 0 Å². The highest BCUT2D eigenvalue weighted by Gasteiger charge is 2.20. The molecule has 2 N–H and O–H groups in total. The number of nitrogens with zero attached hydrogens (tertiary/aromatic N) is 3. The number of aromatic nitrogens is 2. The summed E-state index contributed by atoms with van der Waals surface area (Å²) in [6.07, 6.45) is 1.31. The fourth-order valence-electron chi connectivity index (χ4n) is 3.17. The molecule has 0 bridgehead atoms. The zero-order valence-electron chi connectivity index (χ0n) is 15.8. The smallest absolute Gasteiger partial charge is 0.234 e. The van der Waals surface area contributed by atoms with Crippen molar-refractivity contribution in [3.8, 4) is 0 Å². The van der Waals surface area contributed by atoms with Gasteiger partial charge >= 0.3 is 0 Å². The van der Waals surface area contributed by atoms with Crippen LogP contribution in [-0.2, 0) is 35.6 Å². The summed E-state index contributed by atoms with van der Waals surface area (Å²) < 4.78 is 1.97. The highest BCUT2D eigenvalue weighted by molar-refractivity contribution is 5.78. The Kier molecular flexibility index (Phi) is 6.59. The SMILES string of the molecule is CCC(=O)NCc1cc2n(n1)CCN(CC(=O)NCCc1ccccc1)C2. The van der Waals surface area contributed by atoms with Crippen molar-refractivity contribution in [2.45, 2.75) is 39.4 Å². The number of carbonyl (C=O) groups excluding carboxylic acids is 2. The van der Waals surface area contributed by atoms with Crippen LogP contribution in [0.5, 0.6) is 0 Å². The molecule has 0 atom stereocenters. The predicted octanol–water partition coefficient (Wildman–Crippen LogP) is 1.08. The summed E-state index contributed by atoms with van der Waals surface area (Å²) in [5.41, 5.74) is 3.17. The van der Waals surface area contributed by atoms with Gasteiger partial charge in [0.25, 0.3) is 0 Å². The first-order valence-electron chi connectivity index (χ1n) is 9.49. The molecule has 27 heavy (non-hydrogen) atoms. The standard InChI is InChI=1S/C20H27N5O2/c1-2-19(26)22-13-17-12-18-14-24(10-11-25(18)23-17)15-20(27)21-9-8-16-6-4-3-5-7-16/h3-7,12H,2,8-11,13-15H2,1H3,(H,21,27)(H,22,26). The molecule has 0 saturated carbocycles. The van der Waals surface area contributed by atoms with Crippen molar-refractivity contribution in [3.05, 3.63) is 53.3 Å². The predicted molar refractivity (Wildman–Crippen MR) is 103 cm³/mol. The lowest BCUT2D eigenvalue weighted by Crippen LogP contribution is -2.41. The van der Waals surface area contributed by atoms with Gasteiger partial charge in [-0.3, -0.25) is 19.2 Å². The van der Waals surface area contributed by atoms with Gasteiger partial charge in [0.15, 0.2) is 0 Å². The summed E-state index contributed by atoms with van der Waals surface area (Å²) in [7, 11) is 0. The average Bonchev–Trinajstić information content (AvgIpc) is 3.09. The van der Waals surface area contributed by atoms with E-state index < -0.39 is 0 Å². The molecular weight excluding hydrogens is 342 g/mol. The minimum atomic E-state index is 0.0229. The second-order valence-corrected chi connectivity index (χ2v) is 6.78. The maximum absolute atomic E-state index is 12.2. The number of carbonyl (C=O) groups is 2. The minimum Gasteiger partial charge on any atom is -0.355 e. The Morgan fingerprint density at radius 1 is 1.11 bits per heavy atom. The van der Waals surface area contributed by atoms with E-state index in [1.54, 1.807) is 0 Å². The van der Waals surface area contributed by atoms with Crippen LogP contribution in [0.2, 0.25) is 0 Å². The molecule has 2 amide bonds. The van der Waals surface area contributed by atoms with Crippen LogP contribution in [0.15, 0.2) is 36.4 Å². The first kappa shape index (κ1) is 19.1. The Bertz CT molecular complexity index is 772. The van der Waals surface area contributed by atoms with Gasteiger partial charge < -0.3 is 10.6 Å². The molecule has 1 aliphatic heterocycles. The number of hydrogen-bond acceptors (Lipinski definition) is 4. The number of amides is 2.